The molecule has 1 spiro atoms. The summed E-state index contributed by atoms with van der Waals surface area (Å²) in [6.45, 7) is 5.87. The maximum Gasteiger partial charge on any atom is 0.297 e. The Morgan fingerprint density at radius 3 is 2.49 bits per heavy atom. The van der Waals surface area contributed by atoms with Crippen molar-refractivity contribution in [3.8, 4) is 0 Å². The van der Waals surface area contributed by atoms with Crippen molar-refractivity contribution in [3.63, 3.8) is 0 Å². The minimum absolute atomic E-state index is 0.0316. The first-order valence-electron chi connectivity index (χ1n) is 13.1. The van der Waals surface area contributed by atoms with Crippen LogP contribution in [0, 0.1) is 12.7 Å². The quantitative estimate of drug-likeness (QED) is 0.278. The first kappa shape index (κ1) is 25.3. The molecule has 204 valence electrons. The van der Waals surface area contributed by atoms with Crippen molar-refractivity contribution in [2.45, 2.75) is 38.8 Å². The number of aromatic nitrogens is 2. The maximum absolute atomic E-state index is 14.9. The highest BCUT2D eigenvalue weighted by atomic mass is 32.1. The van der Waals surface area contributed by atoms with Gasteiger partial charge in [-0.15, -0.1) is 10.2 Å². The smallest absolute Gasteiger partial charge is 0.297 e. The van der Waals surface area contributed by atoms with Crippen LogP contribution in [0.2, 0.25) is 0 Å². The number of carbonyl (C=O) groups excluding carboxylic acids is 2. The molecule has 10 heteroatoms. The lowest BCUT2D eigenvalue weighted by Crippen LogP contribution is -2.53. The van der Waals surface area contributed by atoms with Crippen LogP contribution in [0.4, 0.5) is 15.2 Å². The van der Waals surface area contributed by atoms with Crippen molar-refractivity contribution < 1.29 is 18.4 Å². The summed E-state index contributed by atoms with van der Waals surface area (Å²) < 4.78 is 19.8. The van der Waals surface area contributed by atoms with Gasteiger partial charge in [0.1, 0.15) is 16.4 Å². The molecule has 0 N–H and O–H groups in total. The molecule has 1 unspecified atom stereocenters. The Hall–Kier alpha value is -4.70. The number of benzene rings is 3. The predicted octanol–water partition coefficient (Wildman–Crippen LogP) is 5.67. The molecule has 0 radical (unpaired) electrons. The Labute approximate surface area is 237 Å². The summed E-state index contributed by atoms with van der Waals surface area (Å²) in [6.07, 6.45) is 0. The normalized spacial score (nSPS) is 17.8. The number of amides is 2. The number of nitrogens with zero attached hydrogens (tertiary/aromatic N) is 4. The fourth-order valence-corrected chi connectivity index (χ4v) is 6.65. The summed E-state index contributed by atoms with van der Waals surface area (Å²) in [5, 5.41) is 9.76. The highest BCUT2D eigenvalue weighted by molar-refractivity contribution is 7.15. The van der Waals surface area contributed by atoms with E-state index in [2.05, 4.69) is 10.2 Å². The van der Waals surface area contributed by atoms with Gasteiger partial charge in [-0.2, -0.15) is 0 Å². The number of rotatable bonds is 4. The van der Waals surface area contributed by atoms with Crippen molar-refractivity contribution in [2.75, 3.05) is 9.80 Å². The number of fused-ring (bicyclic) bond motifs is 5. The standard InChI is InChI=1S/C31H23FN4O4S/c1-16(2)27-33-34-30(41-27)36-28(38)26-24(25(37)20-14-17(3)8-13-23(20)40-26)31(36)21-6-4-5-7-22(21)35(29(31)39)15-18-9-11-19(32)12-10-18/h4-14,16H,15H2,1-3H3. The second-order valence-electron chi connectivity index (χ2n) is 10.6. The van der Waals surface area contributed by atoms with E-state index in [1.807, 2.05) is 20.8 Å². The zero-order chi connectivity index (χ0) is 28.6. The van der Waals surface area contributed by atoms with Gasteiger partial charge in [0.05, 0.1) is 23.2 Å². The van der Waals surface area contributed by atoms with Gasteiger partial charge in [-0.05, 0) is 42.8 Å². The molecule has 0 bridgehead atoms. The third kappa shape index (κ3) is 3.46. The van der Waals surface area contributed by atoms with E-state index in [4.69, 9.17) is 4.42 Å². The lowest BCUT2D eigenvalue weighted by molar-refractivity contribution is -0.121. The number of anilines is 2. The van der Waals surface area contributed by atoms with Crippen LogP contribution in [0.5, 0.6) is 0 Å². The van der Waals surface area contributed by atoms with Crippen LogP contribution in [0.1, 0.15) is 57.6 Å². The van der Waals surface area contributed by atoms with E-state index in [0.29, 0.717) is 21.8 Å². The van der Waals surface area contributed by atoms with E-state index in [0.717, 1.165) is 5.56 Å². The number of hydrogen-bond acceptors (Lipinski definition) is 7. The van der Waals surface area contributed by atoms with Crippen molar-refractivity contribution in [2.24, 2.45) is 0 Å². The molecule has 0 saturated heterocycles. The van der Waals surface area contributed by atoms with Gasteiger partial charge in [-0.3, -0.25) is 19.3 Å². The van der Waals surface area contributed by atoms with Gasteiger partial charge in [-0.1, -0.05) is 67.1 Å². The van der Waals surface area contributed by atoms with Crippen molar-refractivity contribution in [1.29, 1.82) is 0 Å². The van der Waals surface area contributed by atoms with Crippen molar-refractivity contribution in [3.05, 3.63) is 116 Å². The van der Waals surface area contributed by atoms with E-state index in [1.54, 1.807) is 54.6 Å². The van der Waals surface area contributed by atoms with Crippen LogP contribution < -0.4 is 15.2 Å². The van der Waals surface area contributed by atoms with Crippen molar-refractivity contribution in [1.82, 2.24) is 10.2 Å². The minimum Gasteiger partial charge on any atom is -0.450 e. The third-order valence-corrected chi connectivity index (χ3v) is 8.86. The number of hydrogen-bond donors (Lipinski definition) is 0. The molecule has 41 heavy (non-hydrogen) atoms. The Morgan fingerprint density at radius 1 is 1.00 bits per heavy atom. The van der Waals surface area contributed by atoms with E-state index >= 15 is 0 Å². The first-order valence-corrected chi connectivity index (χ1v) is 13.9. The molecule has 2 aliphatic rings. The highest BCUT2D eigenvalue weighted by Gasteiger charge is 2.66. The van der Waals surface area contributed by atoms with Gasteiger partial charge in [0.2, 0.25) is 10.9 Å². The number of aryl methyl sites for hydroxylation is 1. The monoisotopic (exact) mass is 566 g/mol. The molecule has 1 atom stereocenters. The molecule has 4 heterocycles. The summed E-state index contributed by atoms with van der Waals surface area (Å²) in [7, 11) is 0. The van der Waals surface area contributed by atoms with E-state index in [9.17, 15) is 18.8 Å². The van der Waals surface area contributed by atoms with Crippen LogP contribution in [-0.4, -0.2) is 22.0 Å². The number of carbonyl (C=O) groups is 2. The fraction of sp³-hybridized carbons (Fsp3) is 0.194. The molecule has 8 nitrogen and oxygen atoms in total. The van der Waals surface area contributed by atoms with Gasteiger partial charge >= 0.3 is 0 Å². The maximum atomic E-state index is 14.9. The van der Waals surface area contributed by atoms with Gasteiger partial charge in [-0.25, -0.2) is 4.39 Å². The molecular formula is C31H23FN4O4S. The highest BCUT2D eigenvalue weighted by Crippen LogP contribution is 2.54. The van der Waals surface area contributed by atoms with Crippen LogP contribution >= 0.6 is 11.3 Å². The van der Waals surface area contributed by atoms with E-state index < -0.39 is 28.6 Å². The van der Waals surface area contributed by atoms with Gasteiger partial charge in [0, 0.05) is 11.5 Å². The molecule has 0 fully saturated rings. The molecule has 2 amide bonds. The number of halogens is 1. The molecule has 0 aliphatic carbocycles. The zero-order valence-corrected chi connectivity index (χ0v) is 23.2. The second kappa shape index (κ2) is 8.90. The molecule has 3 aromatic carbocycles. The Morgan fingerprint density at radius 2 is 1.76 bits per heavy atom. The fourth-order valence-electron chi connectivity index (χ4n) is 5.76. The van der Waals surface area contributed by atoms with E-state index in [-0.39, 0.29) is 39.9 Å². The summed E-state index contributed by atoms with van der Waals surface area (Å²) in [6, 6.07) is 18.1. The molecule has 2 aromatic heterocycles. The first-order chi connectivity index (χ1) is 19.7. The largest absolute Gasteiger partial charge is 0.450 e. The molecule has 0 saturated carbocycles. The average molecular weight is 567 g/mol. The van der Waals surface area contributed by atoms with Gasteiger partial charge in [0.15, 0.2) is 11.0 Å². The van der Waals surface area contributed by atoms with Crippen LogP contribution in [0.25, 0.3) is 11.0 Å². The molecule has 5 aromatic rings. The van der Waals surface area contributed by atoms with Crippen LogP contribution in [0.3, 0.4) is 0 Å². The average Bonchev–Trinajstić information content (AvgIpc) is 3.61. The van der Waals surface area contributed by atoms with Crippen LogP contribution in [0.15, 0.2) is 75.9 Å². The predicted molar refractivity (Wildman–Crippen MR) is 153 cm³/mol. The Kier molecular flexibility index (Phi) is 5.49. The van der Waals surface area contributed by atoms with E-state index in [1.165, 1.54) is 33.3 Å². The minimum atomic E-state index is -1.87. The summed E-state index contributed by atoms with van der Waals surface area (Å²) in [5.41, 5.74) is 0.400. The molecule has 2 aliphatic heterocycles. The molecule has 7 rings (SSSR count). The second-order valence-corrected chi connectivity index (χ2v) is 11.6. The van der Waals surface area contributed by atoms with Crippen molar-refractivity contribution >= 4 is 44.9 Å². The Balaban J connectivity index is 1.54. The SMILES string of the molecule is Cc1ccc2oc3c(c(=O)c2c1)C1(C(=O)N(Cc2ccc(F)cc2)c2ccccc21)N(c1nnc(C(C)C)s1)C3=O. The zero-order valence-electron chi connectivity index (χ0n) is 22.3. The van der Waals surface area contributed by atoms with Gasteiger partial charge < -0.3 is 9.32 Å². The summed E-state index contributed by atoms with van der Waals surface area (Å²) in [5.74, 6) is -1.70. The summed E-state index contributed by atoms with van der Waals surface area (Å²) in [4.78, 5) is 46.3. The topological polar surface area (TPSA) is 96.6 Å². The van der Waals surface area contributed by atoms with Gasteiger partial charge in [0.25, 0.3) is 11.8 Å². The Bertz CT molecular complexity index is 1970. The lowest BCUT2D eigenvalue weighted by atomic mass is 9.84. The lowest BCUT2D eigenvalue weighted by Gasteiger charge is -2.32. The third-order valence-electron chi connectivity index (χ3n) is 7.65. The summed E-state index contributed by atoms with van der Waals surface area (Å²) >= 11 is 1.20. The van der Waals surface area contributed by atoms with Crippen LogP contribution in [-0.2, 0) is 16.9 Å². The number of para-hydroxylation sites is 1. The molecular weight excluding hydrogens is 543 g/mol.